The molecule has 0 saturated carbocycles. The van der Waals surface area contributed by atoms with Gasteiger partial charge in [-0.15, -0.1) is 0 Å². The van der Waals surface area contributed by atoms with Crippen LogP contribution in [0.2, 0.25) is 0 Å². The van der Waals surface area contributed by atoms with Crippen LogP contribution in [0, 0.1) is 0 Å². The molecule has 17 heavy (non-hydrogen) atoms. The van der Waals surface area contributed by atoms with Crippen LogP contribution < -0.4 is 4.72 Å². The van der Waals surface area contributed by atoms with Gasteiger partial charge in [-0.1, -0.05) is 0 Å². The Morgan fingerprint density at radius 3 is 2.47 bits per heavy atom. The van der Waals surface area contributed by atoms with Crippen LogP contribution in [0.4, 0.5) is 0 Å². The molecule has 1 aromatic rings. The molecule has 0 unspecified atom stereocenters. The highest BCUT2D eigenvalue weighted by Gasteiger charge is 2.23. The number of aliphatic hydroxyl groups excluding tert-OH is 1. The number of nitrogens with one attached hydrogen (secondary N) is 1. The second-order valence-corrected chi connectivity index (χ2v) is 6.41. The van der Waals surface area contributed by atoms with Crippen molar-refractivity contribution < 1.29 is 13.5 Å². The number of nitrogens with zero attached hydrogens (tertiary/aromatic N) is 1. The molecule has 0 aromatic carbocycles. The zero-order valence-electron chi connectivity index (χ0n) is 10.0. The summed E-state index contributed by atoms with van der Waals surface area (Å²) >= 11 is 0. The summed E-state index contributed by atoms with van der Waals surface area (Å²) in [6.07, 6.45) is 3.69. The van der Waals surface area contributed by atoms with Crippen molar-refractivity contribution in [3.05, 3.63) is 30.1 Å². The monoisotopic (exact) mass is 258 g/mol. The van der Waals surface area contributed by atoms with E-state index in [1.807, 2.05) is 0 Å². The third-order valence-corrected chi connectivity index (χ3v) is 3.84. The zero-order chi connectivity index (χ0) is 12.9. The molecular formula is C11H18N2O3S. The fourth-order valence-corrected chi connectivity index (χ4v) is 2.82. The van der Waals surface area contributed by atoms with E-state index in [0.29, 0.717) is 6.42 Å². The second-order valence-electron chi connectivity index (χ2n) is 4.57. The highest BCUT2D eigenvalue weighted by atomic mass is 32.2. The SMILES string of the molecule is CC(C)(CO)NS(=O)(=O)CCc1ccncc1. The summed E-state index contributed by atoms with van der Waals surface area (Å²) < 4.78 is 25.9. The van der Waals surface area contributed by atoms with Gasteiger partial charge in [0.25, 0.3) is 0 Å². The standard InChI is InChI=1S/C11H18N2O3S/c1-11(2,9-14)13-17(15,16)8-5-10-3-6-12-7-4-10/h3-4,6-7,13-14H,5,8-9H2,1-2H3. The van der Waals surface area contributed by atoms with E-state index in [-0.39, 0.29) is 12.4 Å². The Morgan fingerprint density at radius 1 is 1.35 bits per heavy atom. The molecule has 1 rings (SSSR count). The van der Waals surface area contributed by atoms with Gasteiger partial charge in [0.1, 0.15) is 0 Å². The molecule has 2 N–H and O–H groups in total. The number of rotatable bonds is 6. The minimum atomic E-state index is -3.38. The van der Waals surface area contributed by atoms with Gasteiger partial charge in [-0.05, 0) is 38.0 Å². The van der Waals surface area contributed by atoms with Crippen LogP contribution in [-0.2, 0) is 16.4 Å². The predicted octanol–water partition coefficient (Wildman–Crippen LogP) is 0.314. The molecule has 1 aromatic heterocycles. The Morgan fingerprint density at radius 2 is 1.94 bits per heavy atom. The van der Waals surface area contributed by atoms with Gasteiger partial charge >= 0.3 is 0 Å². The summed E-state index contributed by atoms with van der Waals surface area (Å²) in [5, 5.41) is 9.01. The molecule has 0 saturated heterocycles. The lowest BCUT2D eigenvalue weighted by Crippen LogP contribution is -2.47. The summed E-state index contributed by atoms with van der Waals surface area (Å²) in [5.41, 5.74) is 0.101. The van der Waals surface area contributed by atoms with Gasteiger partial charge in [0.2, 0.25) is 10.0 Å². The summed E-state index contributed by atoms with van der Waals surface area (Å²) in [4.78, 5) is 3.86. The Labute approximate surface area is 102 Å². The first-order valence-corrected chi connectivity index (χ1v) is 7.01. The molecule has 6 heteroatoms. The summed E-state index contributed by atoms with van der Waals surface area (Å²) in [6.45, 7) is 3.04. The Kier molecular flexibility index (Phi) is 4.62. The Balaban J connectivity index is 2.57. The fraction of sp³-hybridized carbons (Fsp3) is 0.545. The van der Waals surface area contributed by atoms with Gasteiger partial charge in [-0.25, -0.2) is 13.1 Å². The molecule has 1 heterocycles. The van der Waals surface area contributed by atoms with Gasteiger partial charge in [-0.3, -0.25) is 4.98 Å². The van der Waals surface area contributed by atoms with E-state index in [2.05, 4.69) is 9.71 Å². The van der Waals surface area contributed by atoms with E-state index in [1.54, 1.807) is 38.4 Å². The van der Waals surface area contributed by atoms with Crippen molar-refractivity contribution in [2.45, 2.75) is 25.8 Å². The number of aliphatic hydroxyl groups is 1. The molecule has 0 radical (unpaired) electrons. The maximum Gasteiger partial charge on any atom is 0.212 e. The molecule has 5 nitrogen and oxygen atoms in total. The minimum Gasteiger partial charge on any atom is -0.394 e. The third-order valence-electron chi connectivity index (χ3n) is 2.24. The van der Waals surface area contributed by atoms with Crippen molar-refractivity contribution in [2.75, 3.05) is 12.4 Å². The number of aryl methyl sites for hydroxylation is 1. The average molecular weight is 258 g/mol. The molecule has 96 valence electrons. The van der Waals surface area contributed by atoms with E-state index in [4.69, 9.17) is 5.11 Å². The van der Waals surface area contributed by atoms with E-state index in [1.165, 1.54) is 0 Å². The lowest BCUT2D eigenvalue weighted by atomic mass is 10.1. The van der Waals surface area contributed by atoms with Crippen molar-refractivity contribution in [3.63, 3.8) is 0 Å². The fourth-order valence-electron chi connectivity index (χ4n) is 1.31. The van der Waals surface area contributed by atoms with Crippen LogP contribution in [0.1, 0.15) is 19.4 Å². The van der Waals surface area contributed by atoms with Crippen molar-refractivity contribution >= 4 is 10.0 Å². The molecule has 0 bridgehead atoms. The van der Waals surface area contributed by atoms with Crippen LogP contribution in [-0.4, -0.2) is 36.4 Å². The van der Waals surface area contributed by atoms with Crippen LogP contribution in [0.5, 0.6) is 0 Å². The van der Waals surface area contributed by atoms with Gasteiger partial charge in [-0.2, -0.15) is 0 Å². The highest BCUT2D eigenvalue weighted by Crippen LogP contribution is 2.05. The first kappa shape index (κ1) is 14.1. The zero-order valence-corrected chi connectivity index (χ0v) is 10.9. The highest BCUT2D eigenvalue weighted by molar-refractivity contribution is 7.89. The Bertz CT molecular complexity index is 443. The normalized spacial score (nSPS) is 12.6. The summed E-state index contributed by atoms with van der Waals surface area (Å²) in [6, 6.07) is 3.57. The van der Waals surface area contributed by atoms with Gasteiger partial charge in [0.15, 0.2) is 0 Å². The first-order chi connectivity index (χ1) is 7.85. The van der Waals surface area contributed by atoms with Gasteiger partial charge in [0, 0.05) is 12.4 Å². The van der Waals surface area contributed by atoms with Crippen molar-refractivity contribution in [1.29, 1.82) is 0 Å². The lowest BCUT2D eigenvalue weighted by molar-refractivity contribution is 0.208. The molecule has 0 aliphatic carbocycles. The lowest BCUT2D eigenvalue weighted by Gasteiger charge is -2.23. The predicted molar refractivity (Wildman–Crippen MR) is 66.0 cm³/mol. The van der Waals surface area contributed by atoms with E-state index in [0.717, 1.165) is 5.56 Å². The summed E-state index contributed by atoms with van der Waals surface area (Å²) in [7, 11) is -3.38. The Hall–Kier alpha value is -0.980. The van der Waals surface area contributed by atoms with Gasteiger partial charge in [0.05, 0.1) is 17.9 Å². The smallest absolute Gasteiger partial charge is 0.212 e. The average Bonchev–Trinajstić information content (AvgIpc) is 2.27. The molecule has 0 aliphatic rings. The summed E-state index contributed by atoms with van der Waals surface area (Å²) in [5.74, 6) is 0.000440. The largest absolute Gasteiger partial charge is 0.394 e. The second kappa shape index (κ2) is 5.57. The number of sulfonamides is 1. The van der Waals surface area contributed by atoms with E-state index in [9.17, 15) is 8.42 Å². The molecule has 0 amide bonds. The number of pyridine rings is 1. The van der Waals surface area contributed by atoms with E-state index < -0.39 is 15.6 Å². The maximum atomic E-state index is 11.7. The molecule has 0 spiro atoms. The van der Waals surface area contributed by atoms with Crippen LogP contribution >= 0.6 is 0 Å². The van der Waals surface area contributed by atoms with Crippen LogP contribution in [0.15, 0.2) is 24.5 Å². The van der Waals surface area contributed by atoms with Crippen molar-refractivity contribution in [3.8, 4) is 0 Å². The van der Waals surface area contributed by atoms with Gasteiger partial charge < -0.3 is 5.11 Å². The number of hydrogen-bond acceptors (Lipinski definition) is 4. The molecule has 0 fully saturated rings. The van der Waals surface area contributed by atoms with Crippen LogP contribution in [0.25, 0.3) is 0 Å². The van der Waals surface area contributed by atoms with Crippen LogP contribution in [0.3, 0.4) is 0 Å². The maximum absolute atomic E-state index is 11.7. The first-order valence-electron chi connectivity index (χ1n) is 5.36. The molecular weight excluding hydrogens is 240 g/mol. The van der Waals surface area contributed by atoms with Crippen molar-refractivity contribution in [2.24, 2.45) is 0 Å². The third kappa shape index (κ3) is 5.25. The topological polar surface area (TPSA) is 79.3 Å². The number of hydrogen-bond donors (Lipinski definition) is 2. The molecule has 0 aliphatic heterocycles. The quantitative estimate of drug-likeness (QED) is 0.770. The number of aromatic nitrogens is 1. The van der Waals surface area contributed by atoms with Crippen molar-refractivity contribution in [1.82, 2.24) is 9.71 Å². The molecule has 0 atom stereocenters. The van der Waals surface area contributed by atoms with E-state index >= 15 is 0 Å². The minimum absolute atomic E-state index is 0.000440.